The molecule has 1 aromatic carbocycles. The number of amides is 3. The fraction of sp³-hybridized carbons (Fsp3) is 0.333. The lowest BCUT2D eigenvalue weighted by Gasteiger charge is -2.29. The Kier molecular flexibility index (Phi) is 11.8. The molecule has 2 aliphatic heterocycles. The average Bonchev–Trinajstić information content (AvgIpc) is 3.68. The van der Waals surface area contributed by atoms with Crippen LogP contribution in [-0.4, -0.2) is 115 Å². The number of hydrogen-bond acceptors (Lipinski definition) is 12. The number of fused-ring (bicyclic) bond motifs is 4. The number of hydrogen-bond donors (Lipinski definition) is 2. The first-order valence-electron chi connectivity index (χ1n) is 17.7. The molecule has 280 valence electrons. The fourth-order valence-corrected chi connectivity index (χ4v) is 6.24. The highest BCUT2D eigenvalue weighted by Crippen LogP contribution is 2.31. The summed E-state index contributed by atoms with van der Waals surface area (Å²) >= 11 is 0. The van der Waals surface area contributed by atoms with E-state index < -0.39 is 23.8 Å². The van der Waals surface area contributed by atoms with Gasteiger partial charge in [-0.05, 0) is 36.6 Å². The maximum atomic E-state index is 13.0. The molecule has 5 aromatic rings. The number of imide groups is 1. The van der Waals surface area contributed by atoms with E-state index in [4.69, 9.17) is 28.4 Å². The molecule has 1 atom stereocenters. The van der Waals surface area contributed by atoms with Gasteiger partial charge in [0.05, 0.1) is 64.0 Å². The van der Waals surface area contributed by atoms with Crippen LogP contribution in [0.15, 0.2) is 79.5 Å². The van der Waals surface area contributed by atoms with Crippen molar-refractivity contribution < 1.29 is 42.8 Å². The standard InChI is InChI=1S/C39H40N6O9/c1-25-2-6-34(37(46)43-25)45-38(47)29-21-36(42-24-31(29)39(45)48)54-19-17-52-15-13-50-11-10-49-12-14-51-16-18-53-35-7-4-27(22-41-35)26-3-5-28-30-23-40-9-8-32(30)44-33(28)20-26/h3-5,7-9,20-24,34,44H,1-2,6,10-19H2,(H,43,46). The normalized spacial score (nSPS) is 15.6. The lowest BCUT2D eigenvalue weighted by molar-refractivity contribution is -0.125. The Balaban J connectivity index is 0.687. The van der Waals surface area contributed by atoms with Crippen LogP contribution in [0.4, 0.5) is 0 Å². The summed E-state index contributed by atoms with van der Waals surface area (Å²) in [5, 5.41) is 4.85. The Morgan fingerprint density at radius 3 is 2.00 bits per heavy atom. The van der Waals surface area contributed by atoms with Crippen LogP contribution in [0.25, 0.3) is 32.9 Å². The van der Waals surface area contributed by atoms with Crippen LogP contribution >= 0.6 is 0 Å². The van der Waals surface area contributed by atoms with E-state index in [1.54, 1.807) is 12.4 Å². The second-order valence-electron chi connectivity index (χ2n) is 12.5. The summed E-state index contributed by atoms with van der Waals surface area (Å²) in [6.45, 7) is 7.42. The Hall–Kier alpha value is -5.74. The van der Waals surface area contributed by atoms with Gasteiger partial charge in [0.2, 0.25) is 17.7 Å². The third kappa shape index (κ3) is 8.55. The summed E-state index contributed by atoms with van der Waals surface area (Å²) in [5.41, 5.74) is 5.04. The van der Waals surface area contributed by atoms with Crippen LogP contribution < -0.4 is 14.8 Å². The zero-order chi connectivity index (χ0) is 37.3. The number of nitrogens with zero attached hydrogens (tertiary/aromatic N) is 4. The SMILES string of the molecule is C=C1CCC(N2C(=O)c3cnc(OCCOCCOCCOCCOCCOc4ccc(-c5ccc6c(c5)[nH]c5ccncc56)cn4)cc3C2=O)C(=O)N1. The van der Waals surface area contributed by atoms with Crippen LogP contribution in [0.1, 0.15) is 33.6 Å². The van der Waals surface area contributed by atoms with Gasteiger partial charge in [-0.15, -0.1) is 0 Å². The van der Waals surface area contributed by atoms with Crippen molar-refractivity contribution in [2.45, 2.75) is 18.9 Å². The lowest BCUT2D eigenvalue weighted by atomic mass is 10.0. The topological polar surface area (TPSA) is 176 Å². The number of piperidine rings is 1. The first kappa shape index (κ1) is 36.6. The van der Waals surface area contributed by atoms with E-state index in [-0.39, 0.29) is 30.2 Å². The minimum atomic E-state index is -0.881. The van der Waals surface area contributed by atoms with Crippen LogP contribution in [0.3, 0.4) is 0 Å². The molecule has 3 amide bonds. The quantitative estimate of drug-likeness (QED) is 0.0919. The Labute approximate surface area is 310 Å². The molecular formula is C39H40N6O9. The van der Waals surface area contributed by atoms with Crippen molar-refractivity contribution in [1.29, 1.82) is 0 Å². The Bertz CT molecular complexity index is 2140. The number of aromatic amines is 1. The summed E-state index contributed by atoms with van der Waals surface area (Å²) < 4.78 is 33.5. The second kappa shape index (κ2) is 17.4. The molecule has 0 bridgehead atoms. The molecule has 1 unspecified atom stereocenters. The predicted octanol–water partition coefficient (Wildman–Crippen LogP) is 4.09. The van der Waals surface area contributed by atoms with Crippen molar-refractivity contribution in [3.8, 4) is 22.9 Å². The molecule has 15 nitrogen and oxygen atoms in total. The van der Waals surface area contributed by atoms with Crippen molar-refractivity contribution in [2.75, 3.05) is 66.1 Å². The smallest absolute Gasteiger partial charge is 0.263 e. The summed E-state index contributed by atoms with van der Waals surface area (Å²) in [6, 6.07) is 12.6. The maximum Gasteiger partial charge on any atom is 0.263 e. The van der Waals surface area contributed by atoms with Crippen molar-refractivity contribution in [3.05, 3.63) is 90.7 Å². The first-order chi connectivity index (χ1) is 26.5. The molecule has 7 rings (SSSR count). The first-order valence-corrected chi connectivity index (χ1v) is 17.7. The van der Waals surface area contributed by atoms with E-state index in [1.807, 2.05) is 24.4 Å². The van der Waals surface area contributed by atoms with Gasteiger partial charge in [0.1, 0.15) is 19.3 Å². The molecule has 4 aromatic heterocycles. The largest absolute Gasteiger partial charge is 0.475 e. The zero-order valence-corrected chi connectivity index (χ0v) is 29.6. The molecule has 54 heavy (non-hydrogen) atoms. The number of H-pyrrole nitrogens is 1. The number of benzene rings is 1. The van der Waals surface area contributed by atoms with Crippen molar-refractivity contribution in [1.82, 2.24) is 30.2 Å². The van der Waals surface area contributed by atoms with Crippen molar-refractivity contribution in [3.63, 3.8) is 0 Å². The third-order valence-electron chi connectivity index (χ3n) is 8.95. The van der Waals surface area contributed by atoms with Gasteiger partial charge < -0.3 is 38.7 Å². The molecule has 2 N–H and O–H groups in total. The molecule has 6 heterocycles. The van der Waals surface area contributed by atoms with Crippen molar-refractivity contribution in [2.24, 2.45) is 0 Å². The van der Waals surface area contributed by atoms with Gasteiger partial charge >= 0.3 is 0 Å². The zero-order valence-electron chi connectivity index (χ0n) is 29.6. The minimum absolute atomic E-state index is 0.144. The number of allylic oxidation sites excluding steroid dienone is 1. The van der Waals surface area contributed by atoms with E-state index in [0.29, 0.717) is 77.3 Å². The molecule has 1 fully saturated rings. The summed E-state index contributed by atoms with van der Waals surface area (Å²) in [7, 11) is 0. The number of aromatic nitrogens is 4. The fourth-order valence-electron chi connectivity index (χ4n) is 6.24. The average molecular weight is 737 g/mol. The highest BCUT2D eigenvalue weighted by atomic mass is 16.6. The number of carbonyl (C=O) groups excluding carboxylic acids is 3. The van der Waals surface area contributed by atoms with E-state index >= 15 is 0 Å². The van der Waals surface area contributed by atoms with Crippen LogP contribution in [-0.2, 0) is 23.7 Å². The van der Waals surface area contributed by atoms with Gasteiger partial charge in [-0.25, -0.2) is 9.97 Å². The van der Waals surface area contributed by atoms with Gasteiger partial charge in [0.25, 0.3) is 11.8 Å². The Morgan fingerprint density at radius 2 is 1.31 bits per heavy atom. The summed E-state index contributed by atoms with van der Waals surface area (Å²) in [5.74, 6) is -0.795. The molecule has 1 saturated heterocycles. The summed E-state index contributed by atoms with van der Waals surface area (Å²) in [4.78, 5) is 55.4. The summed E-state index contributed by atoms with van der Waals surface area (Å²) in [6.07, 6.45) is 7.57. The van der Waals surface area contributed by atoms with E-state index in [2.05, 4.69) is 50.0 Å². The number of ether oxygens (including phenoxy) is 6. The van der Waals surface area contributed by atoms with Crippen LogP contribution in [0.2, 0.25) is 0 Å². The molecule has 0 aliphatic carbocycles. The van der Waals surface area contributed by atoms with E-state index in [9.17, 15) is 14.4 Å². The molecule has 15 heteroatoms. The van der Waals surface area contributed by atoms with Gasteiger partial charge in [-0.3, -0.25) is 24.3 Å². The molecular weight excluding hydrogens is 696 g/mol. The highest BCUT2D eigenvalue weighted by molar-refractivity contribution is 6.23. The monoisotopic (exact) mass is 736 g/mol. The third-order valence-corrected chi connectivity index (χ3v) is 8.95. The van der Waals surface area contributed by atoms with E-state index in [0.717, 1.165) is 37.8 Å². The maximum absolute atomic E-state index is 13.0. The number of rotatable bonds is 19. The van der Waals surface area contributed by atoms with Gasteiger partial charge in [0.15, 0.2) is 0 Å². The van der Waals surface area contributed by atoms with Crippen LogP contribution in [0.5, 0.6) is 11.8 Å². The van der Waals surface area contributed by atoms with Gasteiger partial charge in [-0.1, -0.05) is 18.7 Å². The second-order valence-corrected chi connectivity index (χ2v) is 12.5. The van der Waals surface area contributed by atoms with Crippen LogP contribution in [0, 0.1) is 0 Å². The molecule has 0 saturated carbocycles. The number of pyridine rings is 3. The van der Waals surface area contributed by atoms with Gasteiger partial charge in [0, 0.05) is 70.0 Å². The van der Waals surface area contributed by atoms with E-state index in [1.165, 1.54) is 12.3 Å². The minimum Gasteiger partial charge on any atom is -0.475 e. The molecule has 0 radical (unpaired) electrons. The Morgan fingerprint density at radius 1 is 0.667 bits per heavy atom. The number of nitrogens with one attached hydrogen (secondary N) is 2. The lowest BCUT2D eigenvalue weighted by Crippen LogP contribution is -2.51. The predicted molar refractivity (Wildman–Crippen MR) is 196 cm³/mol. The number of carbonyl (C=O) groups is 3. The van der Waals surface area contributed by atoms with Crippen molar-refractivity contribution >= 4 is 39.5 Å². The highest BCUT2D eigenvalue weighted by Gasteiger charge is 2.44. The van der Waals surface area contributed by atoms with Gasteiger partial charge in [-0.2, -0.15) is 0 Å². The molecule has 2 aliphatic rings. The molecule has 0 spiro atoms.